The molecule has 6 heteroatoms. The second-order valence-electron chi connectivity index (χ2n) is 7.05. The lowest BCUT2D eigenvalue weighted by molar-refractivity contribution is -0.140. The highest BCUT2D eigenvalue weighted by Gasteiger charge is 2.67. The smallest absolute Gasteiger partial charge is 0.254 e. The predicted octanol–water partition coefficient (Wildman–Crippen LogP) is 3.38. The topological polar surface area (TPSA) is 49.7 Å². The molecule has 122 valence electrons. The van der Waals surface area contributed by atoms with Crippen LogP contribution in [-0.2, 0) is 9.59 Å². The maximum atomic E-state index is 12.8. The fraction of sp³-hybridized carbons (Fsp3) is 0.389. The van der Waals surface area contributed by atoms with Crippen LogP contribution in [0.2, 0.25) is 10.0 Å². The molecule has 1 aromatic rings. The van der Waals surface area contributed by atoms with E-state index in [-0.39, 0.29) is 35.5 Å². The highest BCUT2D eigenvalue weighted by molar-refractivity contribution is 6.36. The monoisotopic (exact) mass is 360 g/mol. The van der Waals surface area contributed by atoms with Crippen LogP contribution in [0.5, 0.6) is 0 Å². The summed E-state index contributed by atoms with van der Waals surface area (Å²) in [6, 6.07) is 5.02. The molecule has 4 aliphatic carbocycles. The number of halogens is 2. The van der Waals surface area contributed by atoms with Crippen molar-refractivity contribution in [3.05, 3.63) is 46.0 Å². The average molecular weight is 361 g/mol. The Kier molecular flexibility index (Phi) is 3.01. The number of amides is 2. The van der Waals surface area contributed by atoms with Gasteiger partial charge in [-0.3, -0.25) is 9.59 Å². The molecule has 0 spiro atoms. The molecule has 3 fully saturated rings. The van der Waals surface area contributed by atoms with Gasteiger partial charge in [0.25, 0.3) is 11.8 Å². The summed E-state index contributed by atoms with van der Waals surface area (Å²) in [7, 11) is 0. The van der Waals surface area contributed by atoms with Crippen LogP contribution in [0.25, 0.3) is 0 Å². The molecule has 1 saturated heterocycles. The van der Waals surface area contributed by atoms with Gasteiger partial charge in [-0.1, -0.05) is 41.4 Å². The van der Waals surface area contributed by atoms with Gasteiger partial charge in [-0.05, 0) is 42.2 Å². The molecule has 4 nitrogen and oxygen atoms in total. The number of carbonyl (C=O) groups is 2. The maximum Gasteiger partial charge on any atom is 0.254 e. The van der Waals surface area contributed by atoms with Crippen LogP contribution in [0.3, 0.4) is 0 Å². The Labute approximate surface area is 149 Å². The number of allylic oxidation sites excluding steroid dienone is 2. The van der Waals surface area contributed by atoms with Gasteiger partial charge in [0, 0.05) is 10.6 Å². The summed E-state index contributed by atoms with van der Waals surface area (Å²) < 4.78 is 0. The van der Waals surface area contributed by atoms with Crippen molar-refractivity contribution in [1.82, 2.24) is 5.01 Å². The van der Waals surface area contributed by atoms with Crippen molar-refractivity contribution in [1.29, 1.82) is 0 Å². The molecule has 24 heavy (non-hydrogen) atoms. The summed E-state index contributed by atoms with van der Waals surface area (Å²) in [5, 5.41) is 6.18. The zero-order valence-electron chi connectivity index (χ0n) is 12.6. The van der Waals surface area contributed by atoms with E-state index >= 15 is 0 Å². The van der Waals surface area contributed by atoms with Gasteiger partial charge in [0.2, 0.25) is 0 Å². The third kappa shape index (κ3) is 1.90. The van der Waals surface area contributed by atoms with Gasteiger partial charge in [0.1, 0.15) is 0 Å². The first-order chi connectivity index (χ1) is 11.6. The van der Waals surface area contributed by atoms with Crippen LogP contribution in [0.4, 0.5) is 0 Å². The van der Waals surface area contributed by atoms with Crippen molar-refractivity contribution >= 4 is 41.2 Å². The van der Waals surface area contributed by atoms with Gasteiger partial charge in [0.05, 0.1) is 23.1 Å². The van der Waals surface area contributed by atoms with Crippen LogP contribution in [0, 0.1) is 35.5 Å². The number of carbonyl (C=O) groups excluding carboxylic acids is 2. The fourth-order valence-electron chi connectivity index (χ4n) is 4.78. The van der Waals surface area contributed by atoms with Crippen molar-refractivity contribution in [2.45, 2.75) is 6.42 Å². The molecule has 0 N–H and O–H groups in total. The third-order valence-electron chi connectivity index (χ3n) is 5.91. The largest absolute Gasteiger partial charge is 0.272 e. The minimum absolute atomic E-state index is 0.170. The average Bonchev–Trinajstić information content (AvgIpc) is 3.33. The van der Waals surface area contributed by atoms with E-state index in [1.54, 1.807) is 18.2 Å². The second-order valence-corrected chi connectivity index (χ2v) is 7.90. The molecular weight excluding hydrogens is 347 g/mol. The number of hydrazone groups is 1. The standard InChI is InChI=1S/C18H14Cl2N2O2/c19-9-2-1-8(14(20)5-9)7-21-22-17(23)15-10-3-4-11(13-6-12(10)13)16(15)18(22)24/h1-5,7,10-13,15-16H,6H2/t10-,11-,12-,13-,15-,16+/m0/s1. The fourth-order valence-corrected chi connectivity index (χ4v) is 5.24. The first-order valence-electron chi connectivity index (χ1n) is 8.11. The minimum Gasteiger partial charge on any atom is -0.272 e. The van der Waals surface area contributed by atoms with Crippen molar-refractivity contribution in [3.8, 4) is 0 Å². The van der Waals surface area contributed by atoms with E-state index in [2.05, 4.69) is 17.3 Å². The lowest BCUT2D eigenvalue weighted by Gasteiger charge is -2.37. The molecule has 6 atom stereocenters. The molecule has 1 heterocycles. The summed E-state index contributed by atoms with van der Waals surface area (Å²) in [5.41, 5.74) is 0.625. The SMILES string of the molecule is O=C1[C@@H]2[C@H]3C=C[C@@H]([C@@H]4C[C@@H]34)[C@@H]2C(=O)N1N=Cc1ccc(Cl)cc1Cl. The summed E-state index contributed by atoms with van der Waals surface area (Å²) >= 11 is 12.0. The van der Waals surface area contributed by atoms with E-state index in [1.165, 1.54) is 6.21 Å². The van der Waals surface area contributed by atoms with Gasteiger partial charge in [-0.25, -0.2) is 0 Å². The number of hydrogen-bond acceptors (Lipinski definition) is 3. The van der Waals surface area contributed by atoms with Crippen LogP contribution in [0.1, 0.15) is 12.0 Å². The normalized spacial score (nSPS) is 38.8. The summed E-state index contributed by atoms with van der Waals surface area (Å²) in [4.78, 5) is 25.5. The van der Waals surface area contributed by atoms with E-state index < -0.39 is 0 Å². The van der Waals surface area contributed by atoms with Crippen molar-refractivity contribution in [2.75, 3.05) is 0 Å². The van der Waals surface area contributed by atoms with Crippen molar-refractivity contribution in [2.24, 2.45) is 40.6 Å². The van der Waals surface area contributed by atoms with Gasteiger partial charge >= 0.3 is 0 Å². The number of nitrogens with zero attached hydrogens (tertiary/aromatic N) is 2. The number of imide groups is 1. The first-order valence-corrected chi connectivity index (χ1v) is 8.87. The zero-order valence-corrected chi connectivity index (χ0v) is 14.1. The van der Waals surface area contributed by atoms with Crippen molar-refractivity contribution in [3.63, 3.8) is 0 Å². The Morgan fingerprint density at radius 2 is 1.67 bits per heavy atom. The highest BCUT2D eigenvalue weighted by Crippen LogP contribution is 2.65. The summed E-state index contributed by atoms with van der Waals surface area (Å²) in [5.74, 6) is 0.803. The quantitative estimate of drug-likeness (QED) is 0.461. The summed E-state index contributed by atoms with van der Waals surface area (Å²) in [6.07, 6.45) is 6.91. The van der Waals surface area contributed by atoms with Gasteiger partial charge in [-0.15, -0.1) is 0 Å². The zero-order chi connectivity index (χ0) is 16.6. The molecular formula is C18H14Cl2N2O2. The lowest BCUT2D eigenvalue weighted by Crippen LogP contribution is -2.40. The molecule has 1 aromatic carbocycles. The molecule has 0 aromatic heterocycles. The van der Waals surface area contributed by atoms with Crippen LogP contribution < -0.4 is 0 Å². The number of hydrogen-bond donors (Lipinski definition) is 0. The summed E-state index contributed by atoms with van der Waals surface area (Å²) in [6.45, 7) is 0. The Morgan fingerprint density at radius 1 is 1.04 bits per heavy atom. The predicted molar refractivity (Wildman–Crippen MR) is 90.6 cm³/mol. The Balaban J connectivity index is 1.45. The molecule has 5 aliphatic rings. The lowest BCUT2D eigenvalue weighted by atomic mass is 9.63. The van der Waals surface area contributed by atoms with Gasteiger partial charge in [-0.2, -0.15) is 10.1 Å². The molecule has 2 bridgehead atoms. The number of rotatable bonds is 2. The Bertz CT molecular complexity index is 798. The van der Waals surface area contributed by atoms with E-state index in [1.807, 2.05) is 0 Å². The van der Waals surface area contributed by atoms with E-state index in [9.17, 15) is 9.59 Å². The van der Waals surface area contributed by atoms with E-state index in [4.69, 9.17) is 23.2 Å². The van der Waals surface area contributed by atoms with E-state index in [0.29, 0.717) is 27.4 Å². The molecule has 1 aliphatic heterocycles. The molecule has 0 radical (unpaired) electrons. The second kappa shape index (κ2) is 4.93. The molecule has 6 rings (SSSR count). The molecule has 2 saturated carbocycles. The first kappa shape index (κ1) is 14.7. The minimum atomic E-state index is -0.228. The Morgan fingerprint density at radius 3 is 2.25 bits per heavy atom. The van der Waals surface area contributed by atoms with Crippen LogP contribution in [-0.4, -0.2) is 23.0 Å². The van der Waals surface area contributed by atoms with Gasteiger partial charge < -0.3 is 0 Å². The van der Waals surface area contributed by atoms with E-state index in [0.717, 1.165) is 11.4 Å². The third-order valence-corrected chi connectivity index (χ3v) is 6.48. The van der Waals surface area contributed by atoms with Crippen LogP contribution >= 0.6 is 23.2 Å². The van der Waals surface area contributed by atoms with Gasteiger partial charge in [0.15, 0.2) is 0 Å². The maximum absolute atomic E-state index is 12.8. The molecule has 0 unspecified atom stereocenters. The number of benzene rings is 1. The van der Waals surface area contributed by atoms with Crippen LogP contribution in [0.15, 0.2) is 35.5 Å². The Hall–Kier alpha value is -1.65. The molecule has 2 amide bonds. The van der Waals surface area contributed by atoms with Crippen molar-refractivity contribution < 1.29 is 9.59 Å². The highest BCUT2D eigenvalue weighted by atomic mass is 35.5.